The molecule has 1 aliphatic rings. The van der Waals surface area contributed by atoms with Crippen LogP contribution in [0.5, 0.6) is 0 Å². The lowest BCUT2D eigenvalue weighted by Gasteiger charge is -2.38. The summed E-state index contributed by atoms with van der Waals surface area (Å²) >= 11 is 5.72. The van der Waals surface area contributed by atoms with E-state index in [1.165, 1.54) is 13.0 Å². The Morgan fingerprint density at radius 3 is 2.58 bits per heavy atom. The molecule has 0 unspecified atom stereocenters. The van der Waals surface area contributed by atoms with Gasteiger partial charge in [-0.25, -0.2) is 32.3 Å². The van der Waals surface area contributed by atoms with Crippen LogP contribution in [0.2, 0.25) is 5.02 Å². The first-order valence-corrected chi connectivity index (χ1v) is 11.2. The van der Waals surface area contributed by atoms with E-state index in [0.29, 0.717) is 0 Å². The van der Waals surface area contributed by atoms with Crippen LogP contribution in [0, 0.1) is 5.92 Å². The van der Waals surface area contributed by atoms with E-state index in [0.717, 1.165) is 23.2 Å². The minimum atomic E-state index is -4.96. The van der Waals surface area contributed by atoms with Crippen LogP contribution in [-0.4, -0.2) is 43.3 Å². The lowest BCUT2D eigenvalue weighted by Crippen LogP contribution is -2.47. The fourth-order valence-electron chi connectivity index (χ4n) is 3.21. The maximum atomic E-state index is 13.9. The molecule has 1 saturated heterocycles. The molecule has 1 atom stereocenters. The second kappa shape index (κ2) is 8.65. The zero-order valence-corrected chi connectivity index (χ0v) is 18.4. The van der Waals surface area contributed by atoms with Crippen molar-refractivity contribution in [2.24, 2.45) is 11.1 Å². The fourth-order valence-corrected chi connectivity index (χ4v) is 3.96. The first-order chi connectivity index (χ1) is 15.1. The molecule has 1 aliphatic heterocycles. The highest BCUT2D eigenvalue weighted by molar-refractivity contribution is 7.89. The summed E-state index contributed by atoms with van der Waals surface area (Å²) in [7, 11) is -4.20. The number of nitrogens with one attached hydrogen (secondary N) is 1. The van der Waals surface area contributed by atoms with Crippen molar-refractivity contribution < 1.29 is 35.2 Å². The van der Waals surface area contributed by atoms with Gasteiger partial charge in [0.15, 0.2) is 10.7 Å². The van der Waals surface area contributed by atoms with Crippen LogP contribution in [0.25, 0.3) is 0 Å². The Morgan fingerprint density at radius 2 is 2.00 bits per heavy atom. The Kier molecular flexibility index (Phi) is 6.56. The molecular weight excluding hydrogens is 497 g/mol. The Bertz CT molecular complexity index is 1190. The van der Waals surface area contributed by atoms with Gasteiger partial charge in [-0.2, -0.15) is 13.2 Å². The second-order valence-electron chi connectivity index (χ2n) is 7.43. The van der Waals surface area contributed by atoms with E-state index in [1.54, 1.807) is 0 Å². The van der Waals surface area contributed by atoms with Crippen molar-refractivity contribution in [1.29, 1.82) is 0 Å². The van der Waals surface area contributed by atoms with Crippen molar-refractivity contribution in [3.63, 3.8) is 0 Å². The summed E-state index contributed by atoms with van der Waals surface area (Å²) < 4.78 is 90.8. The Hall–Kier alpha value is -2.58. The van der Waals surface area contributed by atoms with Gasteiger partial charge in [0.2, 0.25) is 0 Å². The smallest absolute Gasteiger partial charge is 0.355 e. The summed E-state index contributed by atoms with van der Waals surface area (Å²) in [6, 6.07) is 2.89. The van der Waals surface area contributed by atoms with Gasteiger partial charge in [-0.05, 0) is 12.1 Å². The first-order valence-electron chi connectivity index (χ1n) is 9.30. The number of nitrogens with two attached hydrogens (primary N) is 1. The second-order valence-corrected chi connectivity index (χ2v) is 9.34. The van der Waals surface area contributed by atoms with Crippen LogP contribution in [0.15, 0.2) is 29.4 Å². The average molecular weight is 514 g/mol. The van der Waals surface area contributed by atoms with Crippen molar-refractivity contribution in [2.45, 2.75) is 30.5 Å². The molecule has 0 radical (unpaired) electrons. The van der Waals surface area contributed by atoms with E-state index in [-0.39, 0.29) is 18.8 Å². The van der Waals surface area contributed by atoms with Crippen molar-refractivity contribution in [2.75, 3.05) is 23.3 Å². The number of piperidine rings is 1. The van der Waals surface area contributed by atoms with Gasteiger partial charge in [0, 0.05) is 43.4 Å². The number of halogens is 6. The van der Waals surface area contributed by atoms with E-state index in [1.807, 2.05) is 0 Å². The normalized spacial score (nSPS) is 18.8. The molecule has 0 saturated carbocycles. The van der Waals surface area contributed by atoms with E-state index in [9.17, 15) is 35.2 Å². The number of primary sulfonamides is 1. The lowest BCUT2D eigenvalue weighted by atomic mass is 9.95. The molecule has 3 heterocycles. The van der Waals surface area contributed by atoms with Crippen LogP contribution < -0.4 is 15.4 Å². The number of carbonyl (C=O) groups is 1. The molecule has 8 nitrogen and oxygen atoms in total. The molecule has 0 bridgehead atoms. The molecule has 3 N–H and O–H groups in total. The van der Waals surface area contributed by atoms with Crippen molar-refractivity contribution in [3.8, 4) is 0 Å². The highest BCUT2D eigenvalue weighted by Crippen LogP contribution is 2.39. The van der Waals surface area contributed by atoms with E-state index < -0.39 is 67.5 Å². The van der Waals surface area contributed by atoms with Crippen molar-refractivity contribution in [3.05, 3.63) is 40.7 Å². The summed E-state index contributed by atoms with van der Waals surface area (Å²) in [5.41, 5.74) is -1.97. The molecule has 1 fully saturated rings. The maximum absolute atomic E-state index is 13.9. The van der Waals surface area contributed by atoms with Gasteiger partial charge in [-0.3, -0.25) is 4.79 Å². The number of anilines is 2. The van der Waals surface area contributed by atoms with Crippen LogP contribution in [0.4, 0.5) is 33.5 Å². The summed E-state index contributed by atoms with van der Waals surface area (Å²) in [6.45, 7) is 0.524. The minimum absolute atomic E-state index is 0.0838. The van der Waals surface area contributed by atoms with Gasteiger partial charge in [-0.1, -0.05) is 18.5 Å². The van der Waals surface area contributed by atoms with Crippen LogP contribution in [0.3, 0.4) is 0 Å². The standard InChI is InChI=1S/C18H17ClF5N5O3S/c1-9-8-29(5-3-17(9,20)21)15-11(7-12(19)14(28-15)18(22,23)24)16(30)27-10-2-4-26-13(6-10)33(25,31)32/h2,4,6-7,9H,3,5,8H2,1H3,(H2,25,31,32)(H,26,27,30)/t9-/m0/s1. The Morgan fingerprint density at radius 1 is 1.33 bits per heavy atom. The number of aromatic nitrogens is 2. The first kappa shape index (κ1) is 25.1. The molecule has 0 aromatic carbocycles. The van der Waals surface area contributed by atoms with Crippen molar-refractivity contribution >= 4 is 39.0 Å². The molecule has 33 heavy (non-hydrogen) atoms. The zero-order valence-electron chi connectivity index (χ0n) is 16.8. The van der Waals surface area contributed by atoms with E-state index >= 15 is 0 Å². The SMILES string of the molecule is C[C@H]1CN(c2nc(C(F)(F)F)c(Cl)cc2C(=O)Nc2ccnc(S(N)(=O)=O)c2)CCC1(F)F. The third-order valence-corrected chi connectivity index (χ3v) is 6.08. The van der Waals surface area contributed by atoms with Crippen molar-refractivity contribution in [1.82, 2.24) is 9.97 Å². The maximum Gasteiger partial charge on any atom is 0.434 e. The average Bonchev–Trinajstić information content (AvgIpc) is 2.68. The van der Waals surface area contributed by atoms with Gasteiger partial charge in [0.25, 0.3) is 21.9 Å². The monoisotopic (exact) mass is 513 g/mol. The predicted octanol–water partition coefficient (Wildman–Crippen LogP) is 3.53. The Labute approximate surface area is 190 Å². The molecule has 3 rings (SSSR count). The molecule has 15 heteroatoms. The number of hydrogen-bond acceptors (Lipinski definition) is 6. The number of nitrogens with zero attached hydrogens (tertiary/aromatic N) is 3. The molecular formula is C18H17ClF5N5O3S. The quantitative estimate of drug-likeness (QED) is 0.604. The largest absolute Gasteiger partial charge is 0.434 e. The fraction of sp³-hybridized carbons (Fsp3) is 0.389. The molecule has 2 aromatic rings. The van der Waals surface area contributed by atoms with Gasteiger partial charge in [-0.15, -0.1) is 0 Å². The van der Waals surface area contributed by atoms with Crippen LogP contribution in [0.1, 0.15) is 29.4 Å². The molecule has 0 aliphatic carbocycles. The summed E-state index contributed by atoms with van der Waals surface area (Å²) in [4.78, 5) is 21.1. The Balaban J connectivity index is 2.04. The summed E-state index contributed by atoms with van der Waals surface area (Å²) in [5, 5.41) is 5.88. The van der Waals surface area contributed by atoms with Crippen LogP contribution in [-0.2, 0) is 16.2 Å². The highest BCUT2D eigenvalue weighted by Gasteiger charge is 2.43. The highest BCUT2D eigenvalue weighted by atomic mass is 35.5. The minimum Gasteiger partial charge on any atom is -0.355 e. The zero-order chi connectivity index (χ0) is 24.8. The number of sulfonamides is 1. The third-order valence-electron chi connectivity index (χ3n) is 4.98. The molecule has 0 spiro atoms. The van der Waals surface area contributed by atoms with Gasteiger partial charge >= 0.3 is 6.18 Å². The number of carbonyl (C=O) groups excluding carboxylic acids is 1. The molecule has 1 amide bonds. The summed E-state index contributed by atoms with van der Waals surface area (Å²) in [6.07, 6.45) is -4.56. The van der Waals surface area contributed by atoms with E-state index in [2.05, 4.69) is 15.3 Å². The number of rotatable bonds is 4. The molecule has 180 valence electrons. The van der Waals surface area contributed by atoms with Gasteiger partial charge in [0.1, 0.15) is 5.82 Å². The van der Waals surface area contributed by atoms with Gasteiger partial charge in [0.05, 0.1) is 10.6 Å². The number of pyridine rings is 2. The number of alkyl halides is 5. The summed E-state index contributed by atoms with van der Waals surface area (Å²) in [5.74, 6) is -5.72. The lowest BCUT2D eigenvalue weighted by molar-refractivity contribution is -0.141. The predicted molar refractivity (Wildman–Crippen MR) is 109 cm³/mol. The number of hydrogen-bond donors (Lipinski definition) is 2. The van der Waals surface area contributed by atoms with Gasteiger partial charge < -0.3 is 10.2 Å². The topological polar surface area (TPSA) is 118 Å². The third kappa shape index (κ3) is 5.50. The van der Waals surface area contributed by atoms with Crippen LogP contribution >= 0.6 is 11.6 Å². The van der Waals surface area contributed by atoms with E-state index in [4.69, 9.17) is 16.7 Å². The number of amides is 1. The molecule has 2 aromatic heterocycles.